The van der Waals surface area contributed by atoms with Crippen molar-refractivity contribution in [2.45, 2.75) is 0 Å². The largest absolute Gasteiger partial charge is 0.472 e. The lowest BCUT2D eigenvalue weighted by Crippen LogP contribution is -2.37. The van der Waals surface area contributed by atoms with Crippen molar-refractivity contribution in [3.63, 3.8) is 0 Å². The lowest BCUT2D eigenvalue weighted by Gasteiger charge is -2.29. The third-order valence-electron chi connectivity index (χ3n) is 3.21. The Morgan fingerprint density at radius 2 is 2.15 bits per heavy atom. The lowest BCUT2D eigenvalue weighted by atomic mass is 10.1. The van der Waals surface area contributed by atoms with Crippen molar-refractivity contribution in [1.29, 1.82) is 0 Å². The van der Waals surface area contributed by atoms with Crippen LogP contribution in [0.3, 0.4) is 0 Å². The van der Waals surface area contributed by atoms with Crippen LogP contribution in [-0.4, -0.2) is 36.2 Å². The minimum atomic E-state index is -0.445. The second-order valence-corrected chi connectivity index (χ2v) is 4.43. The number of nitrogens with zero attached hydrogens (tertiary/aromatic N) is 3. The Labute approximate surface area is 114 Å². The summed E-state index contributed by atoms with van der Waals surface area (Å²) in [6, 6.07) is 3.30. The zero-order valence-corrected chi connectivity index (χ0v) is 10.7. The van der Waals surface area contributed by atoms with Crippen LogP contribution in [0, 0.1) is 10.1 Å². The van der Waals surface area contributed by atoms with E-state index in [-0.39, 0.29) is 5.69 Å². The van der Waals surface area contributed by atoms with Crippen LogP contribution in [0.25, 0.3) is 11.1 Å². The molecule has 0 aliphatic carbocycles. The predicted octanol–water partition coefficient (Wildman–Crippen LogP) is 2.09. The molecule has 1 aliphatic rings. The molecular formula is C13H13N3O4. The monoisotopic (exact) mass is 275 g/mol. The van der Waals surface area contributed by atoms with Crippen molar-refractivity contribution in [1.82, 2.24) is 4.98 Å². The molecule has 0 saturated carbocycles. The van der Waals surface area contributed by atoms with Gasteiger partial charge in [0, 0.05) is 30.3 Å². The molecule has 1 fully saturated rings. The number of anilines is 1. The zero-order valence-electron chi connectivity index (χ0n) is 10.7. The third-order valence-corrected chi connectivity index (χ3v) is 3.21. The summed E-state index contributed by atoms with van der Waals surface area (Å²) in [6.07, 6.45) is 4.39. The van der Waals surface area contributed by atoms with E-state index < -0.39 is 4.92 Å². The summed E-state index contributed by atoms with van der Waals surface area (Å²) >= 11 is 0. The molecule has 0 aromatic carbocycles. The summed E-state index contributed by atoms with van der Waals surface area (Å²) in [7, 11) is 0. The van der Waals surface area contributed by atoms with Crippen LogP contribution in [0.1, 0.15) is 0 Å². The summed E-state index contributed by atoms with van der Waals surface area (Å²) in [5.41, 5.74) is 1.45. The van der Waals surface area contributed by atoms with E-state index in [0.717, 1.165) is 24.5 Å². The molecule has 20 heavy (non-hydrogen) atoms. The van der Waals surface area contributed by atoms with Gasteiger partial charge in [-0.05, 0) is 6.07 Å². The molecule has 104 valence electrons. The Hall–Kier alpha value is -2.41. The highest BCUT2D eigenvalue weighted by Crippen LogP contribution is 2.32. The van der Waals surface area contributed by atoms with Crippen molar-refractivity contribution in [2.24, 2.45) is 0 Å². The second kappa shape index (κ2) is 5.30. The van der Waals surface area contributed by atoms with Gasteiger partial charge in [-0.15, -0.1) is 0 Å². The third kappa shape index (κ3) is 2.35. The molecule has 1 aliphatic heterocycles. The van der Waals surface area contributed by atoms with Gasteiger partial charge < -0.3 is 14.1 Å². The SMILES string of the molecule is O=[N+]([O-])c1cnc(N2CCOCC2)c(-c2ccoc2)c1. The number of rotatable bonds is 3. The Morgan fingerprint density at radius 3 is 2.80 bits per heavy atom. The molecule has 3 heterocycles. The van der Waals surface area contributed by atoms with Crippen LogP contribution in [-0.2, 0) is 4.74 Å². The van der Waals surface area contributed by atoms with Gasteiger partial charge in [0.2, 0.25) is 0 Å². The van der Waals surface area contributed by atoms with Gasteiger partial charge in [0.1, 0.15) is 12.0 Å². The standard InChI is InChI=1S/C13H13N3O4/c17-16(18)11-7-12(10-1-4-20-9-10)13(14-8-11)15-2-5-19-6-3-15/h1,4,7-9H,2-3,5-6H2. The van der Waals surface area contributed by atoms with Gasteiger partial charge in [0.25, 0.3) is 5.69 Å². The first-order valence-corrected chi connectivity index (χ1v) is 6.25. The molecule has 2 aromatic rings. The predicted molar refractivity (Wildman–Crippen MR) is 71.6 cm³/mol. The average molecular weight is 275 g/mol. The molecule has 0 radical (unpaired) electrons. The molecule has 3 rings (SSSR count). The first-order valence-electron chi connectivity index (χ1n) is 6.25. The highest BCUT2D eigenvalue weighted by Gasteiger charge is 2.20. The van der Waals surface area contributed by atoms with Crippen molar-refractivity contribution >= 4 is 11.5 Å². The fourth-order valence-corrected chi connectivity index (χ4v) is 2.20. The summed E-state index contributed by atoms with van der Waals surface area (Å²) in [6.45, 7) is 2.69. The number of aromatic nitrogens is 1. The first-order chi connectivity index (χ1) is 9.75. The summed E-state index contributed by atoms with van der Waals surface area (Å²) in [5, 5.41) is 10.9. The maximum absolute atomic E-state index is 10.9. The van der Waals surface area contributed by atoms with Crippen molar-refractivity contribution < 1.29 is 14.1 Å². The number of pyridine rings is 1. The summed E-state index contributed by atoms with van der Waals surface area (Å²) < 4.78 is 10.4. The maximum atomic E-state index is 10.9. The van der Waals surface area contributed by atoms with Crippen LogP contribution in [0.5, 0.6) is 0 Å². The van der Waals surface area contributed by atoms with E-state index in [2.05, 4.69) is 9.88 Å². The number of morpholine rings is 1. The first kappa shape index (κ1) is 12.6. The minimum Gasteiger partial charge on any atom is -0.472 e. The van der Waals surface area contributed by atoms with Gasteiger partial charge in [0.15, 0.2) is 0 Å². The van der Waals surface area contributed by atoms with Crippen LogP contribution in [0.15, 0.2) is 35.3 Å². The quantitative estimate of drug-likeness (QED) is 0.630. The number of hydrogen-bond donors (Lipinski definition) is 0. The van der Waals surface area contributed by atoms with E-state index in [1.165, 1.54) is 18.5 Å². The Morgan fingerprint density at radius 1 is 1.35 bits per heavy atom. The molecule has 0 spiro atoms. The van der Waals surface area contributed by atoms with Crippen LogP contribution >= 0.6 is 0 Å². The molecule has 0 unspecified atom stereocenters. The van der Waals surface area contributed by atoms with E-state index >= 15 is 0 Å². The van der Waals surface area contributed by atoms with E-state index in [9.17, 15) is 10.1 Å². The van der Waals surface area contributed by atoms with Crippen molar-refractivity contribution in [3.05, 3.63) is 41.0 Å². The summed E-state index contributed by atoms with van der Waals surface area (Å²) in [4.78, 5) is 16.8. The normalized spacial score (nSPS) is 15.3. The van der Waals surface area contributed by atoms with Gasteiger partial charge in [-0.1, -0.05) is 0 Å². The molecule has 2 aromatic heterocycles. The molecule has 0 amide bonds. The van der Waals surface area contributed by atoms with E-state index in [1.807, 2.05) is 0 Å². The molecular weight excluding hydrogens is 262 g/mol. The Bertz CT molecular complexity index is 606. The number of furan rings is 1. The molecule has 0 atom stereocenters. The maximum Gasteiger partial charge on any atom is 0.288 e. The fourth-order valence-electron chi connectivity index (χ4n) is 2.20. The smallest absolute Gasteiger partial charge is 0.288 e. The highest BCUT2D eigenvalue weighted by atomic mass is 16.6. The van der Waals surface area contributed by atoms with Gasteiger partial charge in [-0.25, -0.2) is 4.98 Å². The van der Waals surface area contributed by atoms with Crippen LogP contribution in [0.2, 0.25) is 0 Å². The van der Waals surface area contributed by atoms with Crippen molar-refractivity contribution in [2.75, 3.05) is 31.2 Å². The van der Waals surface area contributed by atoms with E-state index in [1.54, 1.807) is 12.3 Å². The Kier molecular flexibility index (Phi) is 3.34. The molecule has 7 nitrogen and oxygen atoms in total. The molecule has 0 bridgehead atoms. The number of nitro groups is 1. The minimum absolute atomic E-state index is 0.0294. The zero-order chi connectivity index (χ0) is 13.9. The fraction of sp³-hybridized carbons (Fsp3) is 0.308. The van der Waals surface area contributed by atoms with Gasteiger partial charge >= 0.3 is 0 Å². The van der Waals surface area contributed by atoms with Gasteiger partial charge in [-0.3, -0.25) is 10.1 Å². The molecule has 1 saturated heterocycles. The van der Waals surface area contributed by atoms with Gasteiger partial charge in [-0.2, -0.15) is 0 Å². The molecule has 0 N–H and O–H groups in total. The van der Waals surface area contributed by atoms with Gasteiger partial charge in [0.05, 0.1) is 30.7 Å². The highest BCUT2D eigenvalue weighted by molar-refractivity contribution is 5.77. The van der Waals surface area contributed by atoms with E-state index in [0.29, 0.717) is 18.8 Å². The number of hydrogen-bond acceptors (Lipinski definition) is 6. The second-order valence-electron chi connectivity index (χ2n) is 4.43. The topological polar surface area (TPSA) is 81.6 Å². The van der Waals surface area contributed by atoms with Crippen LogP contribution in [0.4, 0.5) is 11.5 Å². The number of ether oxygens (including phenoxy) is 1. The van der Waals surface area contributed by atoms with Crippen LogP contribution < -0.4 is 4.90 Å². The Balaban J connectivity index is 2.06. The lowest BCUT2D eigenvalue weighted by molar-refractivity contribution is -0.385. The van der Waals surface area contributed by atoms with Crippen molar-refractivity contribution in [3.8, 4) is 11.1 Å². The summed E-state index contributed by atoms with van der Waals surface area (Å²) in [5.74, 6) is 0.722. The van der Waals surface area contributed by atoms with E-state index in [4.69, 9.17) is 9.15 Å². The molecule has 7 heteroatoms. The average Bonchev–Trinajstić information content (AvgIpc) is 3.01.